The summed E-state index contributed by atoms with van der Waals surface area (Å²) >= 11 is 0. The molecule has 3 aliphatic rings. The zero-order valence-corrected chi connectivity index (χ0v) is 12.5. The topological polar surface area (TPSA) is 60.7 Å². The van der Waals surface area contributed by atoms with Crippen LogP contribution in [0.15, 0.2) is 18.2 Å². The standard InChI is InChI=1S/C18H24O3/c1-18-7-6-13-12-5-3-11(19)8-10(12)2-4-14(13)15(18)9-16(20)17(18)21/h3,5,8,13-17,19-21H,2,4,6-7,9H2,1H3/t13?,14?,15?,16-,17?,18?/m1/s1. The van der Waals surface area contributed by atoms with E-state index in [9.17, 15) is 15.3 Å². The lowest BCUT2D eigenvalue weighted by Crippen LogP contribution is -2.44. The van der Waals surface area contributed by atoms with Crippen LogP contribution >= 0.6 is 0 Å². The third-order valence-corrected chi connectivity index (χ3v) is 6.68. The Balaban J connectivity index is 1.71. The van der Waals surface area contributed by atoms with Crippen molar-refractivity contribution in [3.8, 4) is 5.75 Å². The number of hydrogen-bond acceptors (Lipinski definition) is 3. The fraction of sp³-hybridized carbons (Fsp3) is 0.667. The Labute approximate surface area is 125 Å². The van der Waals surface area contributed by atoms with Gasteiger partial charge in [-0.25, -0.2) is 0 Å². The van der Waals surface area contributed by atoms with Crippen LogP contribution in [0, 0.1) is 17.3 Å². The molecule has 2 fully saturated rings. The molecule has 21 heavy (non-hydrogen) atoms. The maximum absolute atomic E-state index is 10.4. The van der Waals surface area contributed by atoms with E-state index in [1.54, 1.807) is 6.07 Å². The maximum Gasteiger partial charge on any atom is 0.115 e. The minimum Gasteiger partial charge on any atom is -0.508 e. The summed E-state index contributed by atoms with van der Waals surface area (Å²) in [6.45, 7) is 2.17. The fourth-order valence-electron chi connectivity index (χ4n) is 5.56. The van der Waals surface area contributed by atoms with Gasteiger partial charge < -0.3 is 15.3 Å². The maximum atomic E-state index is 10.4. The van der Waals surface area contributed by atoms with Gasteiger partial charge in [0.05, 0.1) is 12.2 Å². The summed E-state index contributed by atoms with van der Waals surface area (Å²) in [5, 5.41) is 30.2. The average Bonchev–Trinajstić information content (AvgIpc) is 2.70. The Morgan fingerprint density at radius 3 is 2.81 bits per heavy atom. The molecule has 0 spiro atoms. The molecule has 3 aliphatic carbocycles. The molecule has 1 aromatic carbocycles. The van der Waals surface area contributed by atoms with E-state index in [-0.39, 0.29) is 5.41 Å². The van der Waals surface area contributed by atoms with E-state index in [0.29, 0.717) is 23.5 Å². The zero-order valence-electron chi connectivity index (χ0n) is 12.5. The minimum absolute atomic E-state index is 0.116. The molecular weight excluding hydrogens is 264 g/mol. The Hall–Kier alpha value is -1.06. The molecule has 3 N–H and O–H groups in total. The van der Waals surface area contributed by atoms with Gasteiger partial charge in [-0.1, -0.05) is 13.0 Å². The minimum atomic E-state index is -0.565. The summed E-state index contributed by atoms with van der Waals surface area (Å²) in [4.78, 5) is 0. The van der Waals surface area contributed by atoms with Gasteiger partial charge in [0.25, 0.3) is 0 Å². The smallest absolute Gasteiger partial charge is 0.115 e. The first-order valence-corrected chi connectivity index (χ1v) is 8.18. The van der Waals surface area contributed by atoms with E-state index in [0.717, 1.165) is 32.1 Å². The van der Waals surface area contributed by atoms with Gasteiger partial charge in [-0.2, -0.15) is 0 Å². The lowest BCUT2D eigenvalue weighted by atomic mass is 9.55. The van der Waals surface area contributed by atoms with E-state index in [1.807, 2.05) is 6.07 Å². The van der Waals surface area contributed by atoms with E-state index in [4.69, 9.17) is 0 Å². The molecule has 0 amide bonds. The van der Waals surface area contributed by atoms with Gasteiger partial charge in [-0.3, -0.25) is 0 Å². The van der Waals surface area contributed by atoms with Crippen LogP contribution in [-0.4, -0.2) is 27.5 Å². The normalized spacial score (nSPS) is 44.8. The number of aliphatic hydroxyl groups is 2. The van der Waals surface area contributed by atoms with Crippen molar-refractivity contribution >= 4 is 0 Å². The highest BCUT2D eigenvalue weighted by molar-refractivity contribution is 5.40. The first kappa shape index (κ1) is 13.6. The highest BCUT2D eigenvalue weighted by Gasteiger charge is 2.57. The average molecular weight is 288 g/mol. The van der Waals surface area contributed by atoms with Crippen LogP contribution in [0.2, 0.25) is 0 Å². The molecule has 2 saturated carbocycles. The number of hydrogen-bond donors (Lipinski definition) is 3. The number of aliphatic hydroxyl groups excluding tert-OH is 2. The van der Waals surface area contributed by atoms with E-state index in [1.165, 1.54) is 11.1 Å². The Morgan fingerprint density at radius 2 is 2.00 bits per heavy atom. The van der Waals surface area contributed by atoms with Crippen LogP contribution < -0.4 is 0 Å². The van der Waals surface area contributed by atoms with Crippen molar-refractivity contribution in [1.29, 1.82) is 0 Å². The molecule has 0 saturated heterocycles. The number of rotatable bonds is 0. The molecule has 3 heteroatoms. The van der Waals surface area contributed by atoms with Crippen LogP contribution in [0.5, 0.6) is 5.75 Å². The van der Waals surface area contributed by atoms with Crippen molar-refractivity contribution in [3.63, 3.8) is 0 Å². The third-order valence-electron chi connectivity index (χ3n) is 6.68. The SMILES string of the molecule is CC12CCC3c4ccc(O)cc4CCC3C1C[C@@H](O)C2O. The quantitative estimate of drug-likeness (QED) is 0.687. The number of fused-ring (bicyclic) bond motifs is 5. The lowest BCUT2D eigenvalue weighted by molar-refractivity contribution is -0.0505. The van der Waals surface area contributed by atoms with E-state index in [2.05, 4.69) is 13.0 Å². The molecule has 6 atom stereocenters. The van der Waals surface area contributed by atoms with Gasteiger partial charge in [-0.15, -0.1) is 0 Å². The van der Waals surface area contributed by atoms with Gasteiger partial charge in [0.15, 0.2) is 0 Å². The molecule has 4 rings (SSSR count). The molecule has 0 radical (unpaired) electrons. The zero-order chi connectivity index (χ0) is 14.8. The van der Waals surface area contributed by atoms with Crippen LogP contribution in [-0.2, 0) is 6.42 Å². The summed E-state index contributed by atoms with van der Waals surface area (Å²) < 4.78 is 0. The number of aryl methyl sites for hydroxylation is 1. The van der Waals surface area contributed by atoms with Crippen molar-refractivity contribution in [2.24, 2.45) is 17.3 Å². The van der Waals surface area contributed by atoms with E-state index >= 15 is 0 Å². The van der Waals surface area contributed by atoms with Crippen molar-refractivity contribution in [2.45, 2.75) is 57.2 Å². The molecule has 0 heterocycles. The van der Waals surface area contributed by atoms with Gasteiger partial charge in [0, 0.05) is 0 Å². The van der Waals surface area contributed by atoms with Crippen molar-refractivity contribution in [1.82, 2.24) is 0 Å². The second-order valence-corrected chi connectivity index (χ2v) is 7.59. The molecule has 0 bridgehead atoms. The van der Waals surface area contributed by atoms with Crippen molar-refractivity contribution in [3.05, 3.63) is 29.3 Å². The molecule has 5 unspecified atom stereocenters. The van der Waals surface area contributed by atoms with Crippen LogP contribution in [0.1, 0.15) is 49.7 Å². The second-order valence-electron chi connectivity index (χ2n) is 7.59. The van der Waals surface area contributed by atoms with E-state index < -0.39 is 12.2 Å². The molecule has 1 aromatic rings. The third kappa shape index (κ3) is 1.80. The first-order chi connectivity index (χ1) is 10.0. The largest absolute Gasteiger partial charge is 0.508 e. The van der Waals surface area contributed by atoms with Gasteiger partial charge in [0.1, 0.15) is 5.75 Å². The Bertz CT molecular complexity index is 570. The van der Waals surface area contributed by atoms with Gasteiger partial charge in [0.2, 0.25) is 0 Å². The fourth-order valence-corrected chi connectivity index (χ4v) is 5.56. The lowest BCUT2D eigenvalue weighted by Gasteiger charge is -2.49. The number of aromatic hydroxyl groups is 1. The van der Waals surface area contributed by atoms with Crippen LogP contribution in [0.3, 0.4) is 0 Å². The molecule has 0 aromatic heterocycles. The number of phenolic OH excluding ortho intramolecular Hbond substituents is 1. The molecule has 114 valence electrons. The first-order valence-electron chi connectivity index (χ1n) is 8.18. The van der Waals surface area contributed by atoms with Crippen LogP contribution in [0.4, 0.5) is 0 Å². The molecule has 0 aliphatic heterocycles. The summed E-state index contributed by atoms with van der Waals surface area (Å²) in [5.74, 6) is 1.88. The van der Waals surface area contributed by atoms with Crippen molar-refractivity contribution < 1.29 is 15.3 Å². The Morgan fingerprint density at radius 1 is 1.19 bits per heavy atom. The monoisotopic (exact) mass is 288 g/mol. The number of phenols is 1. The van der Waals surface area contributed by atoms with Gasteiger partial charge in [-0.05, 0) is 78.5 Å². The summed E-state index contributed by atoms with van der Waals surface area (Å²) in [6.07, 6.45) is 3.80. The highest BCUT2D eigenvalue weighted by Crippen LogP contribution is 2.60. The molecule has 3 nitrogen and oxygen atoms in total. The highest BCUT2D eigenvalue weighted by atomic mass is 16.3. The van der Waals surface area contributed by atoms with Crippen LogP contribution in [0.25, 0.3) is 0 Å². The predicted molar refractivity (Wildman–Crippen MR) is 80.1 cm³/mol. The van der Waals surface area contributed by atoms with Crippen molar-refractivity contribution in [2.75, 3.05) is 0 Å². The summed E-state index contributed by atoms with van der Waals surface area (Å²) in [6, 6.07) is 5.80. The Kier molecular flexibility index (Phi) is 2.89. The second kappa shape index (κ2) is 4.47. The molecular formula is C18H24O3. The summed E-state index contributed by atoms with van der Waals surface area (Å²) in [7, 11) is 0. The predicted octanol–water partition coefficient (Wildman–Crippen LogP) is 2.58. The number of benzene rings is 1. The van der Waals surface area contributed by atoms with Gasteiger partial charge >= 0.3 is 0 Å². The summed E-state index contributed by atoms with van der Waals surface area (Å²) in [5.41, 5.74) is 2.57.